The fraction of sp³-hybridized carbons (Fsp3) is 0.167. The van der Waals surface area contributed by atoms with Crippen molar-refractivity contribution in [3.8, 4) is 0 Å². The molecule has 1 aromatic rings. The Morgan fingerprint density at radius 3 is 2.41 bits per heavy atom. The molecule has 0 fully saturated rings. The first-order valence-corrected chi connectivity index (χ1v) is 8.13. The summed E-state index contributed by atoms with van der Waals surface area (Å²) < 4.78 is 26.4. The molecule has 0 saturated heterocycles. The maximum atomic E-state index is 12.2. The summed E-state index contributed by atoms with van der Waals surface area (Å²) in [4.78, 5) is 0. The quantitative estimate of drug-likeness (QED) is 0.600. The van der Waals surface area contributed by atoms with Crippen LogP contribution in [0.25, 0.3) is 0 Å². The molecule has 1 aliphatic heterocycles. The van der Waals surface area contributed by atoms with Gasteiger partial charge in [-0.15, -0.1) is 0 Å². The van der Waals surface area contributed by atoms with E-state index in [4.69, 9.17) is 0 Å². The fourth-order valence-corrected chi connectivity index (χ4v) is 4.04. The van der Waals surface area contributed by atoms with Gasteiger partial charge in [-0.3, -0.25) is 0 Å². The van der Waals surface area contributed by atoms with Crippen molar-refractivity contribution in [2.24, 2.45) is 0 Å². The summed E-state index contributed by atoms with van der Waals surface area (Å²) in [6.07, 6.45) is 1.90. The van der Waals surface area contributed by atoms with Gasteiger partial charge in [-0.2, -0.15) is 0 Å². The second-order valence-electron chi connectivity index (χ2n) is 3.76. The van der Waals surface area contributed by atoms with E-state index < -0.39 is 10.0 Å². The molecule has 0 N–H and O–H groups in total. The van der Waals surface area contributed by atoms with E-state index >= 15 is 0 Å². The van der Waals surface area contributed by atoms with Crippen LogP contribution >= 0.6 is 22.6 Å². The molecule has 0 unspecified atom stereocenters. The summed E-state index contributed by atoms with van der Waals surface area (Å²) in [6.45, 7) is 1.81. The van der Waals surface area contributed by atoms with Crippen LogP contribution in [0, 0.1) is 0 Å². The number of rotatable bonds is 2. The molecule has 0 atom stereocenters. The van der Waals surface area contributed by atoms with Gasteiger partial charge in [0, 0.05) is 10.1 Å². The number of para-hydroxylation sites is 1. The Labute approximate surface area is 115 Å². The summed E-state index contributed by atoms with van der Waals surface area (Å²) in [7, 11) is -3.39. The van der Waals surface area contributed by atoms with Crippen LogP contribution in [0.1, 0.15) is 6.92 Å². The van der Waals surface area contributed by atoms with Gasteiger partial charge < -0.3 is 0 Å². The van der Waals surface area contributed by atoms with Gasteiger partial charge in [0.05, 0.1) is 11.1 Å². The Bertz CT molecular complexity index is 576. The van der Waals surface area contributed by atoms with E-state index in [1.165, 1.54) is 9.71 Å². The van der Waals surface area contributed by atoms with E-state index in [2.05, 4.69) is 22.6 Å². The number of sulfonamides is 1. The first-order valence-electron chi connectivity index (χ1n) is 5.10. The second-order valence-corrected chi connectivity index (χ2v) is 6.15. The molecule has 0 radical (unpaired) electrons. The van der Waals surface area contributed by atoms with Crippen LogP contribution in [0.3, 0.4) is 0 Å². The molecule has 1 aliphatic rings. The van der Waals surface area contributed by atoms with Crippen molar-refractivity contribution in [3.05, 3.63) is 53.1 Å². The highest BCUT2D eigenvalue weighted by Gasteiger charge is 2.25. The number of halogens is 1. The molecule has 0 bridgehead atoms. The van der Waals surface area contributed by atoms with Crippen molar-refractivity contribution in [1.29, 1.82) is 0 Å². The third-order valence-electron chi connectivity index (χ3n) is 2.41. The predicted octanol–water partition coefficient (Wildman–Crippen LogP) is 3.06. The summed E-state index contributed by atoms with van der Waals surface area (Å²) in [6, 6.07) is 9.10. The molecule has 0 spiro atoms. The summed E-state index contributed by atoms with van der Waals surface area (Å²) >= 11 is 2.16. The fourth-order valence-electron chi connectivity index (χ4n) is 1.79. The van der Waals surface area contributed by atoms with E-state index in [0.29, 0.717) is 10.1 Å². The minimum Gasteiger partial charge on any atom is -0.239 e. The van der Waals surface area contributed by atoms with E-state index in [0.717, 1.165) is 11.3 Å². The lowest BCUT2D eigenvalue weighted by Gasteiger charge is -2.26. The predicted molar refractivity (Wildman–Crippen MR) is 78.6 cm³/mol. The second kappa shape index (κ2) is 4.81. The van der Waals surface area contributed by atoms with Gasteiger partial charge in [0.25, 0.3) is 10.0 Å². The van der Waals surface area contributed by atoms with E-state index in [1.54, 1.807) is 12.1 Å². The van der Waals surface area contributed by atoms with Crippen molar-refractivity contribution < 1.29 is 8.42 Å². The molecule has 17 heavy (non-hydrogen) atoms. The van der Waals surface area contributed by atoms with Crippen LogP contribution in [0.15, 0.2) is 53.1 Å². The van der Waals surface area contributed by atoms with E-state index in [9.17, 15) is 8.42 Å². The van der Waals surface area contributed by atoms with Gasteiger partial charge in [0.2, 0.25) is 0 Å². The molecule has 5 heteroatoms. The molecule has 90 valence electrons. The zero-order chi connectivity index (χ0) is 12.5. The number of hydrogen-bond donors (Lipinski definition) is 0. The molecule has 2 rings (SSSR count). The molecule has 3 nitrogen and oxygen atoms in total. The summed E-state index contributed by atoms with van der Waals surface area (Å²) in [5.74, 6) is 0. The summed E-state index contributed by atoms with van der Waals surface area (Å²) in [5, 5.41) is 1.33. The lowest BCUT2D eigenvalue weighted by atomic mass is 10.2. The van der Waals surface area contributed by atoms with Gasteiger partial charge in [0.15, 0.2) is 0 Å². The van der Waals surface area contributed by atoms with Gasteiger partial charge >= 0.3 is 0 Å². The maximum absolute atomic E-state index is 12.2. The Balaban J connectivity index is 2.52. The average molecular weight is 361 g/mol. The first kappa shape index (κ1) is 12.6. The number of allylic oxidation sites excluding steroid dienone is 3. The van der Waals surface area contributed by atoms with Gasteiger partial charge in [-0.05, 0) is 30.7 Å². The third kappa shape index (κ3) is 2.55. The van der Waals surface area contributed by atoms with Crippen LogP contribution in [-0.4, -0.2) is 12.8 Å². The standard InChI is InChI=1S/C12H12INO2S/c1-10-7-11(8-13)9-17(15,16)14(10)12-5-3-2-4-6-12/h2-7,9H,8H2,1H3. The number of alkyl halides is 1. The van der Waals surface area contributed by atoms with Crippen LogP contribution in [0.4, 0.5) is 5.69 Å². The van der Waals surface area contributed by atoms with E-state index in [-0.39, 0.29) is 0 Å². The van der Waals surface area contributed by atoms with Crippen LogP contribution in [-0.2, 0) is 10.0 Å². The van der Waals surface area contributed by atoms with Crippen LogP contribution < -0.4 is 4.31 Å². The molecule has 1 heterocycles. The molecular weight excluding hydrogens is 349 g/mol. The lowest BCUT2D eigenvalue weighted by Crippen LogP contribution is -2.30. The summed E-state index contributed by atoms with van der Waals surface area (Å²) in [5.41, 5.74) is 2.23. The highest BCUT2D eigenvalue weighted by molar-refractivity contribution is 14.1. The Morgan fingerprint density at radius 1 is 1.24 bits per heavy atom. The Morgan fingerprint density at radius 2 is 1.88 bits per heavy atom. The van der Waals surface area contributed by atoms with Gasteiger partial charge in [0.1, 0.15) is 0 Å². The topological polar surface area (TPSA) is 37.4 Å². The van der Waals surface area contributed by atoms with Gasteiger partial charge in [-0.25, -0.2) is 12.7 Å². The zero-order valence-corrected chi connectivity index (χ0v) is 12.3. The van der Waals surface area contributed by atoms with E-state index in [1.807, 2.05) is 31.2 Å². The monoisotopic (exact) mass is 361 g/mol. The minimum atomic E-state index is -3.39. The van der Waals surface area contributed by atoms with Crippen molar-refractivity contribution in [3.63, 3.8) is 0 Å². The third-order valence-corrected chi connectivity index (χ3v) is 4.90. The maximum Gasteiger partial charge on any atom is 0.261 e. The van der Waals surface area contributed by atoms with Crippen LogP contribution in [0.2, 0.25) is 0 Å². The van der Waals surface area contributed by atoms with Crippen LogP contribution in [0.5, 0.6) is 0 Å². The highest BCUT2D eigenvalue weighted by Crippen LogP contribution is 2.28. The number of anilines is 1. The average Bonchev–Trinajstić information content (AvgIpc) is 2.28. The molecule has 0 aliphatic carbocycles. The number of nitrogens with zero attached hydrogens (tertiary/aromatic N) is 1. The van der Waals surface area contributed by atoms with Crippen molar-refractivity contribution >= 4 is 38.3 Å². The van der Waals surface area contributed by atoms with Gasteiger partial charge in [-0.1, -0.05) is 40.8 Å². The smallest absolute Gasteiger partial charge is 0.239 e. The Hall–Kier alpha value is -0.820. The van der Waals surface area contributed by atoms with Crippen molar-refractivity contribution in [1.82, 2.24) is 0 Å². The molecule has 0 saturated carbocycles. The minimum absolute atomic E-state index is 0.671. The molecule has 0 amide bonds. The molecule has 1 aromatic carbocycles. The molecule has 0 aromatic heterocycles. The lowest BCUT2D eigenvalue weighted by molar-refractivity contribution is 0.602. The Kier molecular flexibility index (Phi) is 3.58. The largest absolute Gasteiger partial charge is 0.261 e. The first-order chi connectivity index (χ1) is 8.04. The SMILES string of the molecule is CC1=CC(CI)=CS(=O)(=O)N1c1ccccc1. The van der Waals surface area contributed by atoms with Crippen molar-refractivity contribution in [2.75, 3.05) is 8.73 Å². The highest BCUT2D eigenvalue weighted by atomic mass is 127. The zero-order valence-electron chi connectivity index (χ0n) is 9.30. The number of hydrogen-bond acceptors (Lipinski definition) is 2. The normalized spacial score (nSPS) is 18.6. The number of benzene rings is 1. The molecular formula is C12H12INO2S. The van der Waals surface area contributed by atoms with Crippen molar-refractivity contribution in [2.45, 2.75) is 6.92 Å².